The molecule has 0 heterocycles. The van der Waals surface area contributed by atoms with Crippen molar-refractivity contribution < 1.29 is 12.8 Å². The molecule has 0 N–H and O–H groups in total. The molecule has 0 spiro atoms. The lowest BCUT2D eigenvalue weighted by molar-refractivity contribution is 0.335. The van der Waals surface area contributed by atoms with Gasteiger partial charge in [0.25, 0.3) is 0 Å². The van der Waals surface area contributed by atoms with Crippen molar-refractivity contribution in [1.29, 1.82) is 0 Å². The zero-order valence-electron chi connectivity index (χ0n) is 8.25. The Bertz CT molecular complexity index is 215. The molecule has 0 atom stereocenters. The highest BCUT2D eigenvalue weighted by atomic mass is 32.2. The highest BCUT2D eigenvalue weighted by Crippen LogP contribution is 2.02. The molecule has 0 aliphatic carbocycles. The summed E-state index contributed by atoms with van der Waals surface area (Å²) in [5.41, 5.74) is 0. The molecule has 0 aliphatic heterocycles. The molecule has 0 saturated carbocycles. The molecule has 0 rings (SSSR count). The van der Waals surface area contributed by atoms with E-state index in [-0.39, 0.29) is 11.5 Å². The molecule has 5 heteroatoms. The van der Waals surface area contributed by atoms with E-state index in [4.69, 9.17) is 4.43 Å². The number of hydrogen-bond donors (Lipinski definition) is 0. The van der Waals surface area contributed by atoms with E-state index < -0.39 is 18.2 Å². The van der Waals surface area contributed by atoms with Gasteiger partial charge in [0.05, 0.1) is 5.75 Å². The monoisotopic (exact) mass is 210 g/mol. The molecule has 0 aromatic carbocycles. The maximum Gasteiger partial charge on any atom is 0.183 e. The van der Waals surface area contributed by atoms with Gasteiger partial charge in [-0.2, -0.15) is 0 Å². The zero-order valence-corrected chi connectivity index (χ0v) is 10.1. The SMILES string of the molecule is CCS(=O)(=O)CCO[Si](C)(C)C. The minimum absolute atomic E-state index is 0.160. The van der Waals surface area contributed by atoms with Gasteiger partial charge in [-0.15, -0.1) is 0 Å². The number of hydrogen-bond acceptors (Lipinski definition) is 3. The lowest BCUT2D eigenvalue weighted by Crippen LogP contribution is -2.28. The Morgan fingerprint density at radius 3 is 2.08 bits per heavy atom. The zero-order chi connectivity index (χ0) is 9.83. The highest BCUT2D eigenvalue weighted by Gasteiger charge is 2.15. The molecule has 0 bridgehead atoms. The van der Waals surface area contributed by atoms with E-state index >= 15 is 0 Å². The van der Waals surface area contributed by atoms with Gasteiger partial charge in [-0.3, -0.25) is 0 Å². The van der Waals surface area contributed by atoms with Gasteiger partial charge in [0, 0.05) is 12.4 Å². The smallest absolute Gasteiger partial charge is 0.183 e. The summed E-state index contributed by atoms with van der Waals surface area (Å²) < 4.78 is 27.5. The number of sulfone groups is 1. The normalized spacial score (nSPS) is 13.3. The van der Waals surface area contributed by atoms with Crippen LogP contribution in [0.25, 0.3) is 0 Å². The predicted octanol–water partition coefficient (Wildman–Crippen LogP) is 1.27. The quantitative estimate of drug-likeness (QED) is 0.642. The molecular weight excluding hydrogens is 192 g/mol. The number of rotatable bonds is 5. The molecule has 3 nitrogen and oxygen atoms in total. The Labute approximate surface area is 76.2 Å². The third-order valence-electron chi connectivity index (χ3n) is 1.37. The molecule has 0 aromatic rings. The topological polar surface area (TPSA) is 43.4 Å². The molecular formula is C7H18O3SSi. The minimum atomic E-state index is -2.84. The molecule has 0 fully saturated rings. The fraction of sp³-hybridized carbons (Fsp3) is 1.00. The summed E-state index contributed by atoms with van der Waals surface area (Å²) in [7, 11) is -4.38. The van der Waals surface area contributed by atoms with Crippen molar-refractivity contribution in [3.8, 4) is 0 Å². The lowest BCUT2D eigenvalue weighted by Gasteiger charge is -2.16. The van der Waals surface area contributed by atoms with Crippen LogP contribution in [-0.2, 0) is 14.3 Å². The molecule has 0 saturated heterocycles. The van der Waals surface area contributed by atoms with Crippen LogP contribution in [0.2, 0.25) is 19.6 Å². The first-order chi connectivity index (χ1) is 5.27. The van der Waals surface area contributed by atoms with Crippen LogP contribution in [0.1, 0.15) is 6.92 Å². The molecule has 0 aliphatic rings. The van der Waals surface area contributed by atoms with Crippen molar-refractivity contribution in [3.05, 3.63) is 0 Å². The predicted molar refractivity (Wildman–Crippen MR) is 53.6 cm³/mol. The van der Waals surface area contributed by atoms with Gasteiger partial charge in [-0.1, -0.05) is 6.92 Å². The van der Waals surface area contributed by atoms with Crippen LogP contribution in [0.4, 0.5) is 0 Å². The average Bonchev–Trinajstić information content (AvgIpc) is 1.84. The lowest BCUT2D eigenvalue weighted by atomic mass is 10.9. The molecule has 0 radical (unpaired) electrons. The third kappa shape index (κ3) is 6.81. The van der Waals surface area contributed by atoms with Crippen LogP contribution in [-0.4, -0.2) is 34.8 Å². The average molecular weight is 210 g/mol. The van der Waals surface area contributed by atoms with E-state index in [0.29, 0.717) is 6.61 Å². The second-order valence-electron chi connectivity index (χ2n) is 3.70. The largest absolute Gasteiger partial charge is 0.417 e. The van der Waals surface area contributed by atoms with E-state index in [9.17, 15) is 8.42 Å². The van der Waals surface area contributed by atoms with Crippen LogP contribution < -0.4 is 0 Å². The van der Waals surface area contributed by atoms with E-state index in [1.165, 1.54) is 0 Å². The summed E-state index contributed by atoms with van der Waals surface area (Å²) in [4.78, 5) is 0. The Morgan fingerprint density at radius 2 is 1.75 bits per heavy atom. The first-order valence-electron chi connectivity index (χ1n) is 4.11. The van der Waals surface area contributed by atoms with Crippen molar-refractivity contribution in [2.24, 2.45) is 0 Å². The summed E-state index contributed by atoms with van der Waals surface area (Å²) in [5.74, 6) is 0.371. The Balaban J connectivity index is 3.73. The second-order valence-corrected chi connectivity index (χ2v) is 10.7. The summed E-state index contributed by atoms with van der Waals surface area (Å²) >= 11 is 0. The molecule has 0 amide bonds. The van der Waals surface area contributed by atoms with E-state index in [0.717, 1.165) is 0 Å². The molecule has 0 aromatic heterocycles. The molecule has 0 unspecified atom stereocenters. The van der Waals surface area contributed by atoms with Crippen LogP contribution in [0.3, 0.4) is 0 Å². The van der Waals surface area contributed by atoms with Gasteiger partial charge in [0.1, 0.15) is 0 Å². The molecule has 74 valence electrons. The first-order valence-corrected chi connectivity index (χ1v) is 9.34. The Morgan fingerprint density at radius 1 is 1.25 bits per heavy atom. The fourth-order valence-corrected chi connectivity index (χ4v) is 2.11. The highest BCUT2D eigenvalue weighted by molar-refractivity contribution is 7.91. The van der Waals surface area contributed by atoms with Gasteiger partial charge in [0.15, 0.2) is 18.2 Å². The summed E-state index contributed by atoms with van der Waals surface area (Å²) in [6.07, 6.45) is 0. The minimum Gasteiger partial charge on any atom is -0.417 e. The van der Waals surface area contributed by atoms with E-state index in [2.05, 4.69) is 0 Å². The maximum atomic E-state index is 11.0. The van der Waals surface area contributed by atoms with Crippen LogP contribution >= 0.6 is 0 Å². The molecule has 12 heavy (non-hydrogen) atoms. The first kappa shape index (κ1) is 12.1. The second kappa shape index (κ2) is 4.39. The van der Waals surface area contributed by atoms with Gasteiger partial charge in [-0.05, 0) is 19.6 Å². The van der Waals surface area contributed by atoms with Gasteiger partial charge in [-0.25, -0.2) is 8.42 Å². The Kier molecular flexibility index (Phi) is 4.43. The van der Waals surface area contributed by atoms with Crippen molar-refractivity contribution in [2.45, 2.75) is 26.6 Å². The van der Waals surface area contributed by atoms with Crippen molar-refractivity contribution >= 4 is 18.2 Å². The van der Waals surface area contributed by atoms with Crippen molar-refractivity contribution in [3.63, 3.8) is 0 Å². The Hall–Kier alpha value is 0.127. The fourth-order valence-electron chi connectivity index (χ4n) is 0.619. The van der Waals surface area contributed by atoms with Gasteiger partial charge in [0.2, 0.25) is 0 Å². The summed E-state index contributed by atoms with van der Waals surface area (Å²) in [6.45, 7) is 8.15. The van der Waals surface area contributed by atoms with Crippen LogP contribution in [0, 0.1) is 0 Å². The van der Waals surface area contributed by atoms with E-state index in [1.807, 2.05) is 19.6 Å². The maximum absolute atomic E-state index is 11.0. The van der Waals surface area contributed by atoms with Crippen LogP contribution in [0.15, 0.2) is 0 Å². The van der Waals surface area contributed by atoms with Crippen molar-refractivity contribution in [2.75, 3.05) is 18.1 Å². The van der Waals surface area contributed by atoms with Gasteiger partial charge >= 0.3 is 0 Å². The van der Waals surface area contributed by atoms with E-state index in [1.54, 1.807) is 6.92 Å². The van der Waals surface area contributed by atoms with Crippen LogP contribution in [0.5, 0.6) is 0 Å². The summed E-state index contributed by atoms with van der Waals surface area (Å²) in [6, 6.07) is 0. The summed E-state index contributed by atoms with van der Waals surface area (Å²) in [5, 5.41) is 0. The van der Waals surface area contributed by atoms with Crippen molar-refractivity contribution in [1.82, 2.24) is 0 Å². The van der Waals surface area contributed by atoms with Gasteiger partial charge < -0.3 is 4.43 Å². The standard InChI is InChI=1S/C7H18O3SSi/c1-5-11(8,9)7-6-10-12(2,3)4/h5-7H2,1-4H3. The third-order valence-corrected chi connectivity index (χ3v) is 4.11.